The largest absolute Gasteiger partial charge is 0.477 e. The Kier molecular flexibility index (Phi) is 2.92. The molecule has 0 aromatic heterocycles. The molecule has 0 spiro atoms. The average molecular weight is 315 g/mol. The Morgan fingerprint density at radius 2 is 1.88 bits per heavy atom. The molecule has 6 heteroatoms. The molecule has 0 atom stereocenters. The number of carboxylic acid groups (broad SMARTS) is 1. The standard InChI is InChI=1S/C11H7BrO4S/c12-9-4-2-1-3-7(9)8-5-6-17(15,16)10(8)11(13)14/h1-6H,(H,13,14). The highest BCUT2D eigenvalue weighted by molar-refractivity contribution is 9.10. The van der Waals surface area contributed by atoms with E-state index in [1.165, 1.54) is 6.08 Å². The molecule has 1 aromatic rings. The molecule has 88 valence electrons. The van der Waals surface area contributed by atoms with Gasteiger partial charge in [-0.2, -0.15) is 0 Å². The molecule has 1 aliphatic heterocycles. The molecule has 0 unspecified atom stereocenters. The lowest BCUT2D eigenvalue weighted by molar-refractivity contribution is -0.131. The van der Waals surface area contributed by atoms with Crippen LogP contribution in [0.15, 0.2) is 45.1 Å². The van der Waals surface area contributed by atoms with Gasteiger partial charge in [-0.1, -0.05) is 34.1 Å². The van der Waals surface area contributed by atoms with E-state index in [1.54, 1.807) is 24.3 Å². The van der Waals surface area contributed by atoms with Crippen molar-refractivity contribution < 1.29 is 18.3 Å². The van der Waals surface area contributed by atoms with Crippen LogP contribution in [0.4, 0.5) is 0 Å². The van der Waals surface area contributed by atoms with Crippen molar-refractivity contribution >= 4 is 37.3 Å². The predicted octanol–water partition coefficient (Wildman–Crippen LogP) is 2.19. The second-order valence-corrected chi connectivity index (χ2v) is 6.00. The van der Waals surface area contributed by atoms with Crippen molar-refractivity contribution in [3.05, 3.63) is 50.7 Å². The van der Waals surface area contributed by atoms with Gasteiger partial charge in [0.05, 0.1) is 0 Å². The van der Waals surface area contributed by atoms with Gasteiger partial charge in [0.25, 0.3) is 0 Å². The molecule has 1 aromatic carbocycles. The van der Waals surface area contributed by atoms with E-state index in [2.05, 4.69) is 15.9 Å². The summed E-state index contributed by atoms with van der Waals surface area (Å²) in [6.07, 6.45) is 1.30. The second kappa shape index (κ2) is 4.12. The molecule has 1 aliphatic rings. The van der Waals surface area contributed by atoms with Crippen LogP contribution >= 0.6 is 15.9 Å². The SMILES string of the molecule is O=C(O)C1=C(c2ccccc2Br)C=CS1(=O)=O. The fourth-order valence-electron chi connectivity index (χ4n) is 1.58. The first-order valence-electron chi connectivity index (χ1n) is 4.59. The Hall–Kier alpha value is -1.40. The van der Waals surface area contributed by atoms with Gasteiger partial charge in [-0.3, -0.25) is 0 Å². The molecule has 4 nitrogen and oxygen atoms in total. The molecular weight excluding hydrogens is 308 g/mol. The van der Waals surface area contributed by atoms with Crippen LogP contribution in [0.3, 0.4) is 0 Å². The fourth-order valence-corrected chi connectivity index (χ4v) is 3.26. The highest BCUT2D eigenvalue weighted by Gasteiger charge is 2.31. The molecule has 0 fully saturated rings. The smallest absolute Gasteiger partial charge is 0.348 e. The number of hydrogen-bond acceptors (Lipinski definition) is 3. The van der Waals surface area contributed by atoms with Crippen molar-refractivity contribution in [2.45, 2.75) is 0 Å². The van der Waals surface area contributed by atoms with Crippen molar-refractivity contribution in [1.29, 1.82) is 0 Å². The molecule has 17 heavy (non-hydrogen) atoms. The van der Waals surface area contributed by atoms with E-state index in [4.69, 9.17) is 5.11 Å². The summed E-state index contributed by atoms with van der Waals surface area (Å²) in [6, 6.07) is 6.86. The van der Waals surface area contributed by atoms with Crippen LogP contribution < -0.4 is 0 Å². The second-order valence-electron chi connectivity index (χ2n) is 3.38. The van der Waals surface area contributed by atoms with Crippen molar-refractivity contribution in [2.24, 2.45) is 0 Å². The van der Waals surface area contributed by atoms with E-state index in [0.29, 0.717) is 10.0 Å². The molecular formula is C11H7BrO4S. The minimum atomic E-state index is -3.82. The predicted molar refractivity (Wildman–Crippen MR) is 66.8 cm³/mol. The zero-order valence-electron chi connectivity index (χ0n) is 8.42. The summed E-state index contributed by atoms with van der Waals surface area (Å²) in [5, 5.41) is 9.89. The molecule has 1 heterocycles. The van der Waals surface area contributed by atoms with Crippen molar-refractivity contribution in [3.8, 4) is 0 Å². The highest BCUT2D eigenvalue weighted by Crippen LogP contribution is 2.34. The Balaban J connectivity index is 2.75. The number of allylic oxidation sites excluding steroid dienone is 2. The first kappa shape index (κ1) is 12.1. The van der Waals surface area contributed by atoms with Crippen LogP contribution in [0.1, 0.15) is 5.56 Å². The lowest BCUT2D eigenvalue weighted by Crippen LogP contribution is -2.09. The van der Waals surface area contributed by atoms with E-state index in [-0.39, 0.29) is 5.57 Å². The quantitative estimate of drug-likeness (QED) is 0.908. The maximum atomic E-state index is 11.6. The molecule has 0 saturated carbocycles. The molecule has 0 radical (unpaired) electrons. The Labute approximate surface area is 106 Å². The van der Waals surface area contributed by atoms with Gasteiger partial charge in [-0.25, -0.2) is 13.2 Å². The van der Waals surface area contributed by atoms with Gasteiger partial charge in [0, 0.05) is 15.5 Å². The van der Waals surface area contributed by atoms with Crippen molar-refractivity contribution in [2.75, 3.05) is 0 Å². The summed E-state index contributed by atoms with van der Waals surface area (Å²) in [5.74, 6) is -1.44. The number of rotatable bonds is 2. The number of halogens is 1. The van der Waals surface area contributed by atoms with Gasteiger partial charge in [0.2, 0.25) is 9.84 Å². The maximum absolute atomic E-state index is 11.6. The molecule has 2 rings (SSSR count). The number of sulfone groups is 1. The van der Waals surface area contributed by atoms with Gasteiger partial charge in [0.1, 0.15) is 0 Å². The van der Waals surface area contributed by atoms with Crippen LogP contribution in [-0.2, 0) is 14.6 Å². The Bertz CT molecular complexity index is 656. The lowest BCUT2D eigenvalue weighted by Gasteiger charge is -2.05. The van der Waals surface area contributed by atoms with Gasteiger partial charge in [-0.05, 0) is 17.7 Å². The van der Waals surface area contributed by atoms with E-state index in [0.717, 1.165) is 5.41 Å². The number of hydrogen-bond donors (Lipinski definition) is 1. The van der Waals surface area contributed by atoms with Gasteiger partial charge in [-0.15, -0.1) is 0 Å². The van der Waals surface area contributed by atoms with Crippen molar-refractivity contribution in [3.63, 3.8) is 0 Å². The van der Waals surface area contributed by atoms with Gasteiger partial charge >= 0.3 is 5.97 Å². The van der Waals surface area contributed by atoms with E-state index < -0.39 is 20.7 Å². The lowest BCUT2D eigenvalue weighted by atomic mass is 10.1. The highest BCUT2D eigenvalue weighted by atomic mass is 79.9. The number of carboxylic acids is 1. The minimum absolute atomic E-state index is 0.199. The van der Waals surface area contributed by atoms with Crippen LogP contribution in [-0.4, -0.2) is 19.5 Å². The van der Waals surface area contributed by atoms with Gasteiger partial charge in [0.15, 0.2) is 4.91 Å². The summed E-state index contributed by atoms with van der Waals surface area (Å²) in [7, 11) is -3.82. The summed E-state index contributed by atoms with van der Waals surface area (Å²) >= 11 is 3.26. The Morgan fingerprint density at radius 3 is 2.47 bits per heavy atom. The first-order chi connectivity index (χ1) is 7.93. The first-order valence-corrected chi connectivity index (χ1v) is 6.93. The number of carbonyl (C=O) groups is 1. The number of benzene rings is 1. The third-order valence-corrected chi connectivity index (χ3v) is 4.45. The summed E-state index contributed by atoms with van der Waals surface area (Å²) in [4.78, 5) is 10.4. The topological polar surface area (TPSA) is 71.4 Å². The molecule has 0 bridgehead atoms. The third kappa shape index (κ3) is 2.05. The Morgan fingerprint density at radius 1 is 1.24 bits per heavy atom. The normalized spacial score (nSPS) is 17.5. The van der Waals surface area contributed by atoms with Crippen LogP contribution in [0.2, 0.25) is 0 Å². The zero-order chi connectivity index (χ0) is 12.6. The average Bonchev–Trinajstić information content (AvgIpc) is 2.54. The summed E-state index contributed by atoms with van der Waals surface area (Å²) in [6.45, 7) is 0. The summed E-state index contributed by atoms with van der Waals surface area (Å²) in [5.41, 5.74) is 0.743. The molecule has 0 saturated heterocycles. The van der Waals surface area contributed by atoms with Crippen LogP contribution in [0.5, 0.6) is 0 Å². The third-order valence-electron chi connectivity index (χ3n) is 2.30. The van der Waals surface area contributed by atoms with Crippen molar-refractivity contribution in [1.82, 2.24) is 0 Å². The van der Waals surface area contributed by atoms with E-state index in [9.17, 15) is 13.2 Å². The van der Waals surface area contributed by atoms with E-state index >= 15 is 0 Å². The fraction of sp³-hybridized carbons (Fsp3) is 0. The number of aliphatic carboxylic acids is 1. The maximum Gasteiger partial charge on any atom is 0.348 e. The monoisotopic (exact) mass is 314 g/mol. The van der Waals surface area contributed by atoms with E-state index in [1.807, 2.05) is 0 Å². The van der Waals surface area contributed by atoms with Crippen LogP contribution in [0, 0.1) is 0 Å². The molecule has 1 N–H and O–H groups in total. The summed E-state index contributed by atoms with van der Waals surface area (Å²) < 4.78 is 23.8. The van der Waals surface area contributed by atoms with Gasteiger partial charge < -0.3 is 5.11 Å². The molecule has 0 aliphatic carbocycles. The minimum Gasteiger partial charge on any atom is -0.477 e. The zero-order valence-corrected chi connectivity index (χ0v) is 10.8. The van der Waals surface area contributed by atoms with Crippen LogP contribution in [0.25, 0.3) is 5.57 Å². The molecule has 0 amide bonds.